The summed E-state index contributed by atoms with van der Waals surface area (Å²) < 4.78 is 32.9. The molecule has 0 aliphatic carbocycles. The number of anilines is 2. The van der Waals surface area contributed by atoms with E-state index in [1.165, 1.54) is 31.5 Å². The topological polar surface area (TPSA) is 123 Å². The van der Waals surface area contributed by atoms with Crippen molar-refractivity contribution in [1.82, 2.24) is 0 Å². The Labute approximate surface area is 173 Å². The molecule has 0 saturated carbocycles. The normalized spacial score (nSPS) is 11.2. The summed E-state index contributed by atoms with van der Waals surface area (Å²) in [4.78, 5) is 10.5. The number of nitro benzene ring substituents is 1. The largest absolute Gasteiger partial charge is 0.495 e. The standard InChI is InChI=1S/C20H18N4O5S/c1-29-20-10-6-5-9-18(20)23-30(27,28)16-11-12-17(19(13-16)24(25)26)22-21-14-15-7-3-2-4-8-15/h2-14,22-23H,1H3/b21-14-. The molecule has 0 saturated heterocycles. The Kier molecular flexibility index (Phi) is 6.28. The van der Waals surface area contributed by atoms with Gasteiger partial charge in [-0.15, -0.1) is 0 Å². The minimum atomic E-state index is -4.08. The predicted molar refractivity (Wildman–Crippen MR) is 115 cm³/mol. The molecule has 0 heterocycles. The summed E-state index contributed by atoms with van der Waals surface area (Å²) in [6.45, 7) is 0. The van der Waals surface area contributed by atoms with Gasteiger partial charge in [-0.2, -0.15) is 5.10 Å². The second kappa shape index (κ2) is 9.05. The van der Waals surface area contributed by atoms with Crippen molar-refractivity contribution in [2.24, 2.45) is 5.10 Å². The number of nitrogens with zero attached hydrogens (tertiary/aromatic N) is 2. The predicted octanol–water partition coefficient (Wildman–Crippen LogP) is 3.85. The van der Waals surface area contributed by atoms with E-state index in [0.717, 1.165) is 11.6 Å². The van der Waals surface area contributed by atoms with Crippen LogP contribution in [-0.4, -0.2) is 26.7 Å². The van der Waals surface area contributed by atoms with Crippen LogP contribution in [0.3, 0.4) is 0 Å². The Bertz CT molecular complexity index is 1180. The van der Waals surface area contributed by atoms with E-state index in [1.54, 1.807) is 18.2 Å². The third-order valence-corrected chi connectivity index (χ3v) is 5.39. The lowest BCUT2D eigenvalue weighted by Crippen LogP contribution is -2.14. The fourth-order valence-corrected chi connectivity index (χ4v) is 3.66. The first-order valence-electron chi connectivity index (χ1n) is 8.69. The second-order valence-electron chi connectivity index (χ2n) is 6.02. The SMILES string of the molecule is COc1ccccc1NS(=O)(=O)c1ccc(N/N=C\c2ccccc2)c([N+](=O)[O-])c1. The summed E-state index contributed by atoms with van der Waals surface area (Å²) in [6.07, 6.45) is 1.50. The van der Waals surface area contributed by atoms with Crippen LogP contribution in [-0.2, 0) is 10.0 Å². The lowest BCUT2D eigenvalue weighted by Gasteiger charge is -2.12. The van der Waals surface area contributed by atoms with E-state index in [4.69, 9.17) is 4.74 Å². The van der Waals surface area contributed by atoms with Gasteiger partial charge in [0.1, 0.15) is 11.4 Å². The highest BCUT2D eigenvalue weighted by Gasteiger charge is 2.22. The highest BCUT2D eigenvalue weighted by atomic mass is 32.2. The molecule has 3 aromatic rings. The van der Waals surface area contributed by atoms with Crippen molar-refractivity contribution in [2.45, 2.75) is 4.90 Å². The van der Waals surface area contributed by atoms with Crippen LogP contribution in [0.25, 0.3) is 0 Å². The average molecular weight is 426 g/mol. The van der Waals surface area contributed by atoms with E-state index in [2.05, 4.69) is 15.2 Å². The first-order valence-corrected chi connectivity index (χ1v) is 10.2. The van der Waals surface area contributed by atoms with Gasteiger partial charge in [0.25, 0.3) is 15.7 Å². The van der Waals surface area contributed by atoms with Crippen molar-refractivity contribution in [1.29, 1.82) is 0 Å². The molecule has 30 heavy (non-hydrogen) atoms. The monoisotopic (exact) mass is 426 g/mol. The Balaban J connectivity index is 1.87. The van der Waals surface area contributed by atoms with Gasteiger partial charge in [-0.3, -0.25) is 20.3 Å². The molecule has 3 rings (SSSR count). The van der Waals surface area contributed by atoms with E-state index in [0.29, 0.717) is 5.75 Å². The van der Waals surface area contributed by atoms with E-state index in [9.17, 15) is 18.5 Å². The second-order valence-corrected chi connectivity index (χ2v) is 7.70. The number of methoxy groups -OCH3 is 1. The van der Waals surface area contributed by atoms with Crippen LogP contribution in [0, 0.1) is 10.1 Å². The third kappa shape index (κ3) is 4.92. The third-order valence-electron chi connectivity index (χ3n) is 4.03. The van der Waals surface area contributed by atoms with Gasteiger partial charge in [-0.25, -0.2) is 8.42 Å². The first kappa shape index (κ1) is 20.8. The number of benzene rings is 3. The highest BCUT2D eigenvalue weighted by molar-refractivity contribution is 7.92. The lowest BCUT2D eigenvalue weighted by molar-refractivity contribution is -0.384. The minimum absolute atomic E-state index is 0.0587. The molecule has 0 aliphatic heterocycles. The maximum Gasteiger partial charge on any atom is 0.295 e. The molecule has 9 nitrogen and oxygen atoms in total. The van der Waals surface area contributed by atoms with Crippen LogP contribution in [0.4, 0.5) is 17.1 Å². The van der Waals surface area contributed by atoms with Crippen LogP contribution >= 0.6 is 0 Å². The number of ether oxygens (including phenoxy) is 1. The molecule has 0 fully saturated rings. The van der Waals surface area contributed by atoms with E-state index in [-0.39, 0.29) is 16.3 Å². The van der Waals surface area contributed by atoms with E-state index in [1.807, 2.05) is 30.3 Å². The van der Waals surface area contributed by atoms with Crippen molar-refractivity contribution < 1.29 is 18.1 Å². The Morgan fingerprint density at radius 1 is 1.00 bits per heavy atom. The van der Waals surface area contributed by atoms with Gasteiger partial charge in [-0.05, 0) is 29.8 Å². The maximum absolute atomic E-state index is 12.7. The average Bonchev–Trinajstić information content (AvgIpc) is 2.74. The molecule has 154 valence electrons. The Hall–Kier alpha value is -3.92. The van der Waals surface area contributed by atoms with E-state index >= 15 is 0 Å². The van der Waals surface area contributed by atoms with Gasteiger partial charge in [-0.1, -0.05) is 42.5 Å². The van der Waals surface area contributed by atoms with Crippen LogP contribution in [0.2, 0.25) is 0 Å². The Morgan fingerprint density at radius 2 is 1.70 bits per heavy atom. The number of hydrogen-bond acceptors (Lipinski definition) is 7. The number of rotatable bonds is 8. The first-order chi connectivity index (χ1) is 14.4. The molecule has 0 radical (unpaired) electrons. The summed E-state index contributed by atoms with van der Waals surface area (Å²) in [5, 5.41) is 15.4. The number of hydrogen-bond donors (Lipinski definition) is 2. The van der Waals surface area contributed by atoms with Gasteiger partial charge in [0.15, 0.2) is 0 Å². The molecular formula is C20H18N4O5S. The zero-order valence-electron chi connectivity index (χ0n) is 15.8. The van der Waals surface area contributed by atoms with Crippen molar-refractivity contribution in [3.63, 3.8) is 0 Å². The fraction of sp³-hybridized carbons (Fsp3) is 0.0500. The van der Waals surface area contributed by atoms with Crippen LogP contribution in [0.15, 0.2) is 82.8 Å². The van der Waals surface area contributed by atoms with Gasteiger partial charge in [0.05, 0.1) is 28.8 Å². The van der Waals surface area contributed by atoms with Gasteiger partial charge in [0.2, 0.25) is 0 Å². The van der Waals surface area contributed by atoms with Crippen LogP contribution in [0.1, 0.15) is 5.56 Å². The smallest absolute Gasteiger partial charge is 0.295 e. The molecule has 0 amide bonds. The maximum atomic E-state index is 12.7. The fourth-order valence-electron chi connectivity index (χ4n) is 2.57. The van der Waals surface area contributed by atoms with Crippen molar-refractivity contribution in [3.05, 3.63) is 88.5 Å². The zero-order valence-corrected chi connectivity index (χ0v) is 16.7. The Morgan fingerprint density at radius 3 is 2.40 bits per heavy atom. The summed E-state index contributed by atoms with van der Waals surface area (Å²) in [6, 6.07) is 19.1. The highest BCUT2D eigenvalue weighted by Crippen LogP contribution is 2.30. The molecule has 0 unspecified atom stereocenters. The number of nitro groups is 1. The molecule has 2 N–H and O–H groups in total. The van der Waals surface area contributed by atoms with Crippen LogP contribution < -0.4 is 14.9 Å². The molecule has 0 aliphatic rings. The molecule has 3 aromatic carbocycles. The van der Waals surface area contributed by atoms with Crippen LogP contribution in [0.5, 0.6) is 5.75 Å². The number of sulfonamides is 1. The quantitative estimate of drug-likeness (QED) is 0.320. The summed E-state index contributed by atoms with van der Waals surface area (Å²) >= 11 is 0. The summed E-state index contributed by atoms with van der Waals surface area (Å²) in [7, 11) is -2.67. The van der Waals surface area contributed by atoms with Crippen molar-refractivity contribution >= 4 is 33.3 Å². The lowest BCUT2D eigenvalue weighted by atomic mass is 10.2. The van der Waals surface area contributed by atoms with Crippen molar-refractivity contribution in [3.8, 4) is 5.75 Å². The van der Waals surface area contributed by atoms with Gasteiger partial charge >= 0.3 is 0 Å². The number of nitrogens with one attached hydrogen (secondary N) is 2. The number of para-hydroxylation sites is 2. The van der Waals surface area contributed by atoms with E-state index < -0.39 is 20.6 Å². The van der Waals surface area contributed by atoms with Gasteiger partial charge < -0.3 is 4.74 Å². The molecule has 0 aromatic heterocycles. The molecule has 0 atom stereocenters. The molecule has 0 spiro atoms. The molecule has 0 bridgehead atoms. The molecule has 10 heteroatoms. The van der Waals surface area contributed by atoms with Crippen molar-refractivity contribution in [2.75, 3.05) is 17.3 Å². The number of hydrazone groups is 1. The summed E-state index contributed by atoms with van der Waals surface area (Å²) in [5.74, 6) is 0.323. The molecular weight excluding hydrogens is 408 g/mol. The summed E-state index contributed by atoms with van der Waals surface area (Å²) in [5.41, 5.74) is 3.23. The minimum Gasteiger partial charge on any atom is -0.495 e. The zero-order chi connectivity index (χ0) is 21.6. The van der Waals surface area contributed by atoms with Gasteiger partial charge in [0, 0.05) is 6.07 Å².